The van der Waals surface area contributed by atoms with E-state index in [1.165, 1.54) is 5.56 Å². The van der Waals surface area contributed by atoms with Crippen molar-refractivity contribution in [1.29, 1.82) is 0 Å². The molecule has 7 heteroatoms. The highest BCUT2D eigenvalue weighted by atomic mass is 16.5. The number of aliphatic carboxylic acids is 1. The molecule has 0 bridgehead atoms. The molecule has 0 atom stereocenters. The molecule has 0 fully saturated rings. The first-order chi connectivity index (χ1) is 22.2. The predicted molar refractivity (Wildman–Crippen MR) is 182 cm³/mol. The maximum atomic E-state index is 11.8. The summed E-state index contributed by atoms with van der Waals surface area (Å²) < 4.78 is 13.5. The van der Waals surface area contributed by atoms with Crippen molar-refractivity contribution in [3.05, 3.63) is 142 Å². The number of hydrogen-bond acceptors (Lipinski definition) is 4. The van der Waals surface area contributed by atoms with Crippen molar-refractivity contribution in [2.45, 2.75) is 33.7 Å². The van der Waals surface area contributed by atoms with Gasteiger partial charge in [0, 0.05) is 18.0 Å². The van der Waals surface area contributed by atoms with Crippen LogP contribution in [-0.2, 0) is 17.8 Å². The lowest BCUT2D eigenvalue weighted by molar-refractivity contribution is -0.137. The van der Waals surface area contributed by atoms with Gasteiger partial charge in [-0.1, -0.05) is 78.4 Å². The number of carboxylic acids is 2. The molecule has 0 saturated heterocycles. The highest BCUT2D eigenvalue weighted by Crippen LogP contribution is 2.29. The number of nitrogens with zero attached hydrogens (tertiary/aromatic N) is 1. The van der Waals surface area contributed by atoms with Gasteiger partial charge in [-0.05, 0) is 84.5 Å². The lowest BCUT2D eigenvalue weighted by Crippen LogP contribution is -2.08. The summed E-state index contributed by atoms with van der Waals surface area (Å²) >= 11 is 0. The second-order valence-corrected chi connectivity index (χ2v) is 11.3. The third-order valence-electron chi connectivity index (χ3n) is 7.72. The van der Waals surface area contributed by atoms with E-state index in [1.54, 1.807) is 22.8 Å². The molecule has 2 N–H and O–H groups in total. The van der Waals surface area contributed by atoms with E-state index in [1.807, 2.05) is 79.0 Å². The van der Waals surface area contributed by atoms with Crippen LogP contribution in [0.4, 0.5) is 0 Å². The first kappa shape index (κ1) is 31.9. The van der Waals surface area contributed by atoms with E-state index < -0.39 is 11.9 Å². The van der Waals surface area contributed by atoms with Crippen molar-refractivity contribution in [2.75, 3.05) is 13.2 Å². The van der Waals surface area contributed by atoms with Gasteiger partial charge in [0.1, 0.15) is 31.3 Å². The monoisotopic (exact) mass is 615 g/mol. The third-order valence-corrected chi connectivity index (χ3v) is 7.72. The molecule has 5 rings (SSSR count). The summed E-state index contributed by atoms with van der Waals surface area (Å²) in [5.41, 5.74) is 7.86. The first-order valence-corrected chi connectivity index (χ1v) is 15.1. The summed E-state index contributed by atoms with van der Waals surface area (Å²) in [6.07, 6.45) is 10.0. The summed E-state index contributed by atoms with van der Waals surface area (Å²) in [4.78, 5) is 23.5. The lowest BCUT2D eigenvalue weighted by atomic mass is 9.98. The van der Waals surface area contributed by atoms with Crippen molar-refractivity contribution in [3.63, 3.8) is 0 Å². The maximum Gasteiger partial charge on any atom is 0.335 e. The highest BCUT2D eigenvalue weighted by molar-refractivity contribution is 5.95. The Hall–Kier alpha value is -5.56. The normalized spacial score (nSPS) is 11.5. The number of carbonyl (C=O) groups is 2. The molecule has 1 aromatic heterocycles. The molecule has 0 aliphatic heterocycles. The Morgan fingerprint density at radius 1 is 0.783 bits per heavy atom. The average Bonchev–Trinajstić information content (AvgIpc) is 3.36. The minimum atomic E-state index is -0.991. The summed E-state index contributed by atoms with van der Waals surface area (Å²) in [6.45, 7) is 6.88. The van der Waals surface area contributed by atoms with E-state index in [2.05, 4.69) is 32.9 Å². The summed E-state index contributed by atoms with van der Waals surface area (Å²) in [7, 11) is 0. The van der Waals surface area contributed by atoms with Gasteiger partial charge in [-0.2, -0.15) is 0 Å². The minimum absolute atomic E-state index is 0.209. The SMILES string of the molecule is Cc1cc(C)c(OCC=CCOc2ccc(C=Cc3cccc4c(Cc5ccccc5C(=O)O)cn(CC(=O)O)c34)cc2)c(C)c1. The Bertz CT molecular complexity index is 1910. The molecule has 5 aromatic rings. The molecule has 0 aliphatic carbocycles. The smallest absolute Gasteiger partial charge is 0.335 e. The van der Waals surface area contributed by atoms with Gasteiger partial charge in [-0.15, -0.1) is 0 Å². The Labute approximate surface area is 268 Å². The predicted octanol–water partition coefficient (Wildman–Crippen LogP) is 8.12. The zero-order chi connectivity index (χ0) is 32.6. The van der Waals surface area contributed by atoms with E-state index in [-0.39, 0.29) is 12.1 Å². The standard InChI is InChI=1S/C39H37NO6/c1-26-21-27(2)38(28(3)22-26)46-20-7-6-19-45-33-17-14-29(15-18-33)13-16-30-10-8-12-34-32(24-40(37(30)34)25-36(41)42)23-31-9-4-5-11-35(31)39(43)44/h4-18,21-22,24H,19-20,23,25H2,1-3H3,(H,41,42)(H,43,44). The molecule has 234 valence electrons. The maximum absolute atomic E-state index is 11.8. The van der Waals surface area contributed by atoms with E-state index in [9.17, 15) is 19.8 Å². The van der Waals surface area contributed by atoms with Gasteiger partial charge < -0.3 is 24.3 Å². The number of para-hydroxylation sites is 1. The molecule has 7 nitrogen and oxygen atoms in total. The molecule has 4 aromatic carbocycles. The third kappa shape index (κ3) is 7.74. The second kappa shape index (κ2) is 14.5. The molecule has 46 heavy (non-hydrogen) atoms. The van der Waals surface area contributed by atoms with Crippen molar-refractivity contribution >= 4 is 35.0 Å². The largest absolute Gasteiger partial charge is 0.490 e. The first-order valence-electron chi connectivity index (χ1n) is 15.1. The van der Waals surface area contributed by atoms with Gasteiger partial charge in [0.2, 0.25) is 0 Å². The second-order valence-electron chi connectivity index (χ2n) is 11.3. The molecular formula is C39H37NO6. The Balaban J connectivity index is 1.26. The van der Waals surface area contributed by atoms with E-state index in [4.69, 9.17) is 9.47 Å². The van der Waals surface area contributed by atoms with Gasteiger partial charge in [-0.3, -0.25) is 4.79 Å². The van der Waals surface area contributed by atoms with Crippen LogP contribution in [0, 0.1) is 20.8 Å². The Morgan fingerprint density at radius 2 is 1.48 bits per heavy atom. The van der Waals surface area contributed by atoms with Crippen LogP contribution in [0.5, 0.6) is 11.5 Å². The van der Waals surface area contributed by atoms with Crippen LogP contribution in [-0.4, -0.2) is 39.9 Å². The number of fused-ring (bicyclic) bond motifs is 1. The number of benzene rings is 4. The molecular weight excluding hydrogens is 578 g/mol. The number of carboxylic acid groups (broad SMARTS) is 2. The van der Waals surface area contributed by atoms with Crippen LogP contribution >= 0.6 is 0 Å². The number of aryl methyl sites for hydroxylation is 3. The molecule has 0 amide bonds. The molecule has 1 heterocycles. The van der Waals surface area contributed by atoms with Crippen LogP contribution in [0.3, 0.4) is 0 Å². The molecule has 0 saturated carbocycles. The van der Waals surface area contributed by atoms with E-state index in [0.717, 1.165) is 50.2 Å². The molecule has 0 spiro atoms. The van der Waals surface area contributed by atoms with Crippen molar-refractivity contribution in [2.24, 2.45) is 0 Å². The van der Waals surface area contributed by atoms with Gasteiger partial charge in [0.15, 0.2) is 0 Å². The topological polar surface area (TPSA) is 98.0 Å². The Kier molecular flexibility index (Phi) is 10.0. The fourth-order valence-corrected chi connectivity index (χ4v) is 5.76. The number of hydrogen-bond donors (Lipinski definition) is 2. The van der Waals surface area contributed by atoms with E-state index in [0.29, 0.717) is 25.2 Å². The Morgan fingerprint density at radius 3 is 2.17 bits per heavy atom. The quantitative estimate of drug-likeness (QED) is 0.103. The van der Waals surface area contributed by atoms with Gasteiger partial charge in [0.05, 0.1) is 11.1 Å². The van der Waals surface area contributed by atoms with Gasteiger partial charge in [0.25, 0.3) is 0 Å². The summed E-state index contributed by atoms with van der Waals surface area (Å²) in [5, 5.41) is 20.1. The molecule has 0 unspecified atom stereocenters. The van der Waals surface area contributed by atoms with Gasteiger partial charge >= 0.3 is 11.9 Å². The number of ether oxygens (including phenoxy) is 2. The zero-order valence-corrected chi connectivity index (χ0v) is 26.2. The number of aromatic nitrogens is 1. The van der Waals surface area contributed by atoms with Crippen molar-refractivity contribution in [1.82, 2.24) is 4.57 Å². The van der Waals surface area contributed by atoms with E-state index >= 15 is 0 Å². The van der Waals surface area contributed by atoms with Crippen LogP contribution < -0.4 is 9.47 Å². The molecule has 0 aliphatic rings. The highest BCUT2D eigenvalue weighted by Gasteiger charge is 2.16. The van der Waals surface area contributed by atoms with Crippen LogP contribution in [0.15, 0.2) is 97.2 Å². The lowest BCUT2D eigenvalue weighted by Gasteiger charge is -2.11. The minimum Gasteiger partial charge on any atom is -0.490 e. The average molecular weight is 616 g/mol. The van der Waals surface area contributed by atoms with Crippen LogP contribution in [0.2, 0.25) is 0 Å². The fourth-order valence-electron chi connectivity index (χ4n) is 5.76. The summed E-state index contributed by atoms with van der Waals surface area (Å²) in [5.74, 6) is -0.276. The fraction of sp³-hybridized carbons (Fsp3) is 0.179. The van der Waals surface area contributed by atoms with Crippen molar-refractivity contribution in [3.8, 4) is 11.5 Å². The summed E-state index contributed by atoms with van der Waals surface area (Å²) in [6, 6.07) is 24.7. The zero-order valence-electron chi connectivity index (χ0n) is 26.2. The van der Waals surface area contributed by atoms with Crippen molar-refractivity contribution < 1.29 is 29.3 Å². The van der Waals surface area contributed by atoms with Crippen LogP contribution in [0.25, 0.3) is 23.1 Å². The number of rotatable bonds is 13. The van der Waals surface area contributed by atoms with Gasteiger partial charge in [-0.25, -0.2) is 4.79 Å². The molecule has 0 radical (unpaired) electrons. The number of aromatic carboxylic acids is 1. The van der Waals surface area contributed by atoms with Crippen LogP contribution in [0.1, 0.15) is 49.3 Å².